The Bertz CT molecular complexity index is 908. The van der Waals surface area contributed by atoms with Gasteiger partial charge in [-0.25, -0.2) is 0 Å². The van der Waals surface area contributed by atoms with Crippen LogP contribution in [0.25, 0.3) is 0 Å². The number of pyridine rings is 2. The summed E-state index contributed by atoms with van der Waals surface area (Å²) >= 11 is 6.95. The lowest BCUT2D eigenvalue weighted by Crippen LogP contribution is -2.24. The monoisotopic (exact) mass is 726 g/mol. The van der Waals surface area contributed by atoms with Crippen molar-refractivity contribution in [2.24, 2.45) is 9.98 Å². The van der Waals surface area contributed by atoms with Crippen molar-refractivity contribution in [2.45, 2.75) is 17.9 Å². The molecule has 0 saturated carbocycles. The van der Waals surface area contributed by atoms with Crippen molar-refractivity contribution >= 4 is 107 Å². The molecule has 0 bridgehead atoms. The second-order valence-electron chi connectivity index (χ2n) is 7.40. The van der Waals surface area contributed by atoms with Crippen LogP contribution >= 0.6 is 96.7 Å². The van der Waals surface area contributed by atoms with Crippen molar-refractivity contribution in [2.75, 3.05) is 64.4 Å². The Kier molecular flexibility index (Phi) is 32.2. The summed E-state index contributed by atoms with van der Waals surface area (Å²) in [6.07, 6.45) is 8.62. The summed E-state index contributed by atoms with van der Waals surface area (Å²) in [5.41, 5.74) is 1.97. The summed E-state index contributed by atoms with van der Waals surface area (Å²) in [6, 6.07) is 7.68. The quantitative estimate of drug-likeness (QED) is 0.116. The summed E-state index contributed by atoms with van der Waals surface area (Å²) in [4.78, 5) is 18.2. The molecule has 0 aliphatic carbocycles. The van der Waals surface area contributed by atoms with Crippen molar-refractivity contribution in [1.29, 1.82) is 0 Å². The van der Waals surface area contributed by atoms with Crippen molar-refractivity contribution in [3.63, 3.8) is 0 Å². The third-order valence-corrected chi connectivity index (χ3v) is 8.13. The van der Waals surface area contributed by atoms with Gasteiger partial charge in [0, 0.05) is 61.6 Å². The lowest BCUT2D eigenvalue weighted by molar-refractivity contribution is 0.409. The molecular weight excluding hydrogens is 686 g/mol. The number of aliphatic imine (C=N–C) groups is 2. The van der Waals surface area contributed by atoms with Crippen LogP contribution in [0.2, 0.25) is 0 Å². The molecular formula is C25H42Cl4N6O2S4. The first-order chi connectivity index (χ1) is 18.2. The highest BCUT2D eigenvalue weighted by Crippen LogP contribution is 2.21. The van der Waals surface area contributed by atoms with E-state index in [4.69, 9.17) is 9.47 Å². The minimum absolute atomic E-state index is 0. The first-order valence-corrected chi connectivity index (χ1v) is 16.7. The molecule has 0 amide bonds. The maximum absolute atomic E-state index is 5.36. The zero-order chi connectivity index (χ0) is 26.6. The summed E-state index contributed by atoms with van der Waals surface area (Å²) in [5, 5.41) is 8.81. The molecule has 0 unspecified atom stereocenters. The third-order valence-electron chi connectivity index (χ3n) is 4.87. The molecule has 0 aliphatic rings. The van der Waals surface area contributed by atoms with Gasteiger partial charge in [-0.05, 0) is 43.2 Å². The second kappa shape index (κ2) is 29.5. The van der Waals surface area contributed by atoms with Gasteiger partial charge >= 0.3 is 0 Å². The van der Waals surface area contributed by atoms with Gasteiger partial charge in [-0.1, -0.05) is 23.5 Å². The molecule has 0 atom stereocenters. The van der Waals surface area contributed by atoms with E-state index in [1.165, 1.54) is 0 Å². The van der Waals surface area contributed by atoms with Crippen molar-refractivity contribution < 1.29 is 9.47 Å². The molecule has 0 spiro atoms. The van der Waals surface area contributed by atoms with Gasteiger partial charge < -0.3 is 20.1 Å². The van der Waals surface area contributed by atoms with E-state index in [0.29, 0.717) is 0 Å². The maximum Gasteiger partial charge on any atom is 0.156 e. The highest BCUT2D eigenvalue weighted by Gasteiger charge is 2.05. The van der Waals surface area contributed by atoms with Gasteiger partial charge in [-0.3, -0.25) is 20.0 Å². The Labute approximate surface area is 287 Å². The van der Waals surface area contributed by atoms with Crippen molar-refractivity contribution in [3.8, 4) is 11.5 Å². The Hall–Kier alpha value is -0.600. The summed E-state index contributed by atoms with van der Waals surface area (Å²) in [5.74, 6) is 5.30. The molecule has 0 aromatic carbocycles. The molecule has 2 aromatic heterocycles. The van der Waals surface area contributed by atoms with Crippen LogP contribution in [-0.4, -0.2) is 84.7 Å². The van der Waals surface area contributed by atoms with Crippen LogP contribution in [0.15, 0.2) is 46.6 Å². The van der Waals surface area contributed by atoms with Crippen LogP contribution in [0.3, 0.4) is 0 Å². The number of methoxy groups -OCH3 is 2. The lowest BCUT2D eigenvalue weighted by atomic mass is 10.3. The van der Waals surface area contributed by atoms with Gasteiger partial charge in [-0.2, -0.15) is 23.5 Å². The van der Waals surface area contributed by atoms with E-state index < -0.39 is 0 Å². The molecule has 2 heterocycles. The molecule has 16 heteroatoms. The molecule has 0 radical (unpaired) electrons. The summed E-state index contributed by atoms with van der Waals surface area (Å²) < 4.78 is 10.7. The number of hydrogen-bond acceptors (Lipinski definition) is 10. The standard InChI is InChI=1S/C25H38N6O2S4.4ClH/c1-32-22-8-5-10-26-20(22)18-36-16-14-30-24(34-3)28-12-7-13-29-25(35-4)31-15-17-37-19-21-23(33-2)9-6-11-27-21;;;;/h5-6,8-11H,7,12-19H2,1-4H3,(H,28,30)(H,29,31);4*1H. The molecule has 0 fully saturated rings. The number of rotatable bonds is 16. The predicted molar refractivity (Wildman–Crippen MR) is 195 cm³/mol. The molecule has 2 N–H and O–H groups in total. The summed E-state index contributed by atoms with van der Waals surface area (Å²) in [6.45, 7) is 3.25. The van der Waals surface area contributed by atoms with Crippen LogP contribution in [-0.2, 0) is 11.5 Å². The SMILES string of the molecule is COc1cccnc1CSCCNC(=NCCCN=C(NCCSCc1ncccc1OC)SC)SC.Cl.Cl.Cl.Cl. The number of nitrogens with zero attached hydrogens (tertiary/aromatic N) is 4. The van der Waals surface area contributed by atoms with E-state index in [-0.39, 0.29) is 49.6 Å². The smallest absolute Gasteiger partial charge is 0.156 e. The Morgan fingerprint density at radius 3 is 1.51 bits per heavy atom. The molecule has 41 heavy (non-hydrogen) atoms. The maximum atomic E-state index is 5.36. The van der Waals surface area contributed by atoms with Gasteiger partial charge in [0.15, 0.2) is 10.3 Å². The minimum Gasteiger partial charge on any atom is -0.495 e. The van der Waals surface area contributed by atoms with Gasteiger partial charge in [0.2, 0.25) is 0 Å². The number of halogens is 4. The minimum atomic E-state index is 0. The Morgan fingerprint density at radius 1 is 0.732 bits per heavy atom. The number of aromatic nitrogens is 2. The number of amidine groups is 2. The first-order valence-electron chi connectivity index (χ1n) is 12.0. The lowest BCUT2D eigenvalue weighted by Gasteiger charge is -2.09. The van der Waals surface area contributed by atoms with E-state index >= 15 is 0 Å². The van der Waals surface area contributed by atoms with Crippen LogP contribution in [0.5, 0.6) is 11.5 Å². The normalized spacial score (nSPS) is 10.7. The van der Waals surface area contributed by atoms with Crippen LogP contribution in [0.4, 0.5) is 0 Å². The zero-order valence-electron chi connectivity index (χ0n) is 23.7. The van der Waals surface area contributed by atoms with Crippen molar-refractivity contribution in [3.05, 3.63) is 48.0 Å². The highest BCUT2D eigenvalue weighted by atomic mass is 35.5. The van der Waals surface area contributed by atoms with E-state index in [2.05, 4.69) is 30.6 Å². The van der Waals surface area contributed by atoms with Crippen molar-refractivity contribution in [1.82, 2.24) is 20.6 Å². The second-order valence-corrected chi connectivity index (χ2v) is 11.2. The van der Waals surface area contributed by atoms with E-state index in [1.807, 2.05) is 60.3 Å². The topological polar surface area (TPSA) is 93.0 Å². The molecule has 0 aliphatic heterocycles. The van der Waals surface area contributed by atoms with Gasteiger partial charge in [0.25, 0.3) is 0 Å². The van der Waals surface area contributed by atoms with Crippen LogP contribution in [0.1, 0.15) is 17.8 Å². The first kappa shape index (κ1) is 44.8. The Morgan fingerprint density at radius 2 is 1.15 bits per heavy atom. The highest BCUT2D eigenvalue weighted by molar-refractivity contribution is 8.13. The largest absolute Gasteiger partial charge is 0.495 e. The number of nitrogens with one attached hydrogen (secondary N) is 2. The predicted octanol–water partition coefficient (Wildman–Crippen LogP) is 6.35. The zero-order valence-corrected chi connectivity index (χ0v) is 30.2. The van der Waals surface area contributed by atoms with Gasteiger partial charge in [-0.15, -0.1) is 49.6 Å². The fraction of sp³-hybridized carbons (Fsp3) is 0.520. The number of ether oxygens (including phenoxy) is 2. The van der Waals surface area contributed by atoms with E-state index in [1.54, 1.807) is 50.1 Å². The fourth-order valence-corrected chi connectivity index (χ4v) is 5.59. The van der Waals surface area contributed by atoms with Gasteiger partial charge in [0.05, 0.1) is 25.6 Å². The number of thioether (sulfide) groups is 4. The molecule has 0 saturated heterocycles. The number of hydrogen-bond donors (Lipinski definition) is 2. The van der Waals surface area contributed by atoms with Crippen LogP contribution < -0.4 is 20.1 Å². The Balaban J connectivity index is -0.00000361. The fourth-order valence-electron chi connectivity index (χ4n) is 3.05. The van der Waals surface area contributed by atoms with Crippen LogP contribution in [0, 0.1) is 0 Å². The molecule has 8 nitrogen and oxygen atoms in total. The molecule has 2 rings (SSSR count). The van der Waals surface area contributed by atoms with Gasteiger partial charge in [0.1, 0.15) is 11.5 Å². The average Bonchev–Trinajstić information content (AvgIpc) is 2.94. The third kappa shape index (κ3) is 19.3. The van der Waals surface area contributed by atoms with E-state index in [9.17, 15) is 0 Å². The molecule has 2 aromatic rings. The average molecular weight is 729 g/mol. The summed E-state index contributed by atoms with van der Waals surface area (Å²) in [7, 11) is 3.36. The molecule has 236 valence electrons. The van der Waals surface area contributed by atoms with E-state index in [0.717, 1.165) is 88.8 Å².